The molecule has 128 valence electrons. The maximum atomic E-state index is 11.3. The number of nitrogens with two attached hydrogens (primary N) is 1. The highest BCUT2D eigenvalue weighted by Crippen LogP contribution is 2.13. The van der Waals surface area contributed by atoms with Crippen LogP contribution in [-0.4, -0.2) is 36.1 Å². The molecule has 0 fully saturated rings. The van der Waals surface area contributed by atoms with Gasteiger partial charge in [-0.1, -0.05) is 13.8 Å². The Morgan fingerprint density at radius 2 is 2.09 bits per heavy atom. The first-order valence-corrected chi connectivity index (χ1v) is 6.77. The summed E-state index contributed by atoms with van der Waals surface area (Å²) >= 11 is 0. The van der Waals surface area contributed by atoms with Crippen molar-refractivity contribution >= 4 is 24.0 Å². The minimum Gasteiger partial charge on any atom is -0.550 e. The molecule has 0 aliphatic rings. The highest BCUT2D eigenvalue weighted by atomic mass is 16.6. The van der Waals surface area contributed by atoms with Crippen molar-refractivity contribution in [1.82, 2.24) is 5.43 Å². The molecule has 1 amide bonds. The van der Waals surface area contributed by atoms with Gasteiger partial charge in [-0.15, -0.1) is 0 Å². The van der Waals surface area contributed by atoms with Crippen molar-refractivity contribution < 1.29 is 29.4 Å². The molecule has 0 aliphatic heterocycles. The van der Waals surface area contributed by atoms with Crippen LogP contribution in [0.15, 0.2) is 21.7 Å². The molecule has 1 aromatic heterocycles. The summed E-state index contributed by atoms with van der Waals surface area (Å²) in [5.41, 5.74) is 2.31. The molecule has 1 heterocycles. The van der Waals surface area contributed by atoms with Crippen LogP contribution in [0.1, 0.15) is 26.5 Å². The summed E-state index contributed by atoms with van der Waals surface area (Å²) in [4.78, 5) is 29.9. The van der Waals surface area contributed by atoms with Crippen LogP contribution in [0.4, 0.5) is 5.88 Å². The van der Waals surface area contributed by atoms with Crippen LogP contribution in [0, 0.1) is 16.0 Å². The second-order valence-electron chi connectivity index (χ2n) is 4.84. The van der Waals surface area contributed by atoms with Gasteiger partial charge in [0, 0.05) is 11.9 Å². The monoisotopic (exact) mass is 328 g/mol. The molecule has 1 rings (SSSR count). The molecule has 0 atom stereocenters. The van der Waals surface area contributed by atoms with Gasteiger partial charge in [-0.2, -0.15) is 5.10 Å². The zero-order chi connectivity index (χ0) is 17.8. The van der Waals surface area contributed by atoms with Gasteiger partial charge in [0.15, 0.2) is 12.3 Å². The standard InChI is InChI=1S/C11H16N4O4.C2H4O2/c1-8(2)5-12-7-10(16)14-13-6-9-3-4-11(19-9)15(17)18;1-2(3)4/h3-4,6,8,12H,5,7H2,1-2H3,(H,14,16);1H3,(H,3,4)/b13-6+;. The summed E-state index contributed by atoms with van der Waals surface area (Å²) in [5, 5.41) is 24.8. The summed E-state index contributed by atoms with van der Waals surface area (Å²) in [7, 11) is 0. The molecular weight excluding hydrogens is 308 g/mol. The fraction of sp³-hybridized carbons (Fsp3) is 0.462. The highest BCUT2D eigenvalue weighted by molar-refractivity contribution is 5.80. The Kier molecular flexibility index (Phi) is 9.60. The number of aliphatic carboxylic acids is 1. The third kappa shape index (κ3) is 11.6. The van der Waals surface area contributed by atoms with E-state index in [1.165, 1.54) is 18.3 Å². The predicted octanol–water partition coefficient (Wildman–Crippen LogP) is -1.39. The normalized spacial score (nSPS) is 10.3. The molecule has 10 heteroatoms. The molecule has 0 spiro atoms. The first kappa shape index (κ1) is 20.2. The number of carboxylic acid groups (broad SMARTS) is 1. The summed E-state index contributed by atoms with van der Waals surface area (Å²) in [6.07, 6.45) is 1.22. The van der Waals surface area contributed by atoms with E-state index in [9.17, 15) is 14.9 Å². The van der Waals surface area contributed by atoms with Crippen molar-refractivity contribution in [3.8, 4) is 0 Å². The molecule has 0 unspecified atom stereocenters. The van der Waals surface area contributed by atoms with Gasteiger partial charge in [0.05, 0.1) is 18.8 Å². The summed E-state index contributed by atoms with van der Waals surface area (Å²) in [5.74, 6) is -0.964. The third-order valence-electron chi connectivity index (χ3n) is 2.14. The number of carboxylic acids is 1. The zero-order valence-electron chi connectivity index (χ0n) is 13.1. The molecule has 3 N–H and O–H groups in total. The van der Waals surface area contributed by atoms with Gasteiger partial charge in [-0.3, -0.25) is 14.9 Å². The van der Waals surface area contributed by atoms with Crippen molar-refractivity contribution in [2.45, 2.75) is 20.8 Å². The Morgan fingerprint density at radius 1 is 1.48 bits per heavy atom. The average molecular weight is 328 g/mol. The van der Waals surface area contributed by atoms with E-state index in [1.807, 2.05) is 5.32 Å². The van der Waals surface area contributed by atoms with Crippen LogP contribution in [0.2, 0.25) is 0 Å². The number of carbonyl (C=O) groups is 2. The number of rotatable bonds is 7. The van der Waals surface area contributed by atoms with E-state index in [2.05, 4.69) is 24.4 Å². The van der Waals surface area contributed by atoms with Crippen molar-refractivity contribution in [3.63, 3.8) is 0 Å². The number of furan rings is 1. The van der Waals surface area contributed by atoms with Crippen molar-refractivity contribution in [2.24, 2.45) is 11.0 Å². The smallest absolute Gasteiger partial charge is 0.433 e. The van der Waals surface area contributed by atoms with E-state index in [1.54, 1.807) is 0 Å². The maximum Gasteiger partial charge on any atom is 0.433 e. The number of nitro groups is 1. The number of carbonyl (C=O) groups excluding carboxylic acids is 2. The average Bonchev–Trinajstić information content (AvgIpc) is 2.86. The molecule has 0 radical (unpaired) electrons. The van der Waals surface area contributed by atoms with Gasteiger partial charge in [-0.25, -0.2) is 5.43 Å². The van der Waals surface area contributed by atoms with Crippen molar-refractivity contribution in [1.29, 1.82) is 0 Å². The molecule has 1 aromatic rings. The molecule has 23 heavy (non-hydrogen) atoms. The van der Waals surface area contributed by atoms with E-state index in [4.69, 9.17) is 14.3 Å². The lowest BCUT2D eigenvalue weighted by atomic mass is 10.2. The van der Waals surface area contributed by atoms with Crippen LogP contribution in [0.25, 0.3) is 0 Å². The van der Waals surface area contributed by atoms with Crippen LogP contribution in [0.5, 0.6) is 0 Å². The first-order chi connectivity index (χ1) is 10.7. The Balaban J connectivity index is 0.00000108. The number of amides is 1. The Hall–Kier alpha value is -2.75. The minimum absolute atomic E-state index is 0.207. The molecule has 0 aromatic carbocycles. The Bertz CT molecular complexity index is 548. The second kappa shape index (κ2) is 10.9. The topological polar surface area (TPSA) is 154 Å². The van der Waals surface area contributed by atoms with Gasteiger partial charge in [0.2, 0.25) is 0 Å². The quantitative estimate of drug-likeness (QED) is 0.357. The van der Waals surface area contributed by atoms with Gasteiger partial charge in [0.25, 0.3) is 5.91 Å². The number of hydrogen-bond acceptors (Lipinski definition) is 7. The number of nitrogens with one attached hydrogen (secondary N) is 1. The van der Waals surface area contributed by atoms with Crippen molar-refractivity contribution in [3.05, 3.63) is 28.0 Å². The lowest BCUT2D eigenvalue weighted by Crippen LogP contribution is -2.87. The first-order valence-electron chi connectivity index (χ1n) is 6.77. The number of hydrogen-bond donors (Lipinski definition) is 2. The molecular formula is C13H20N4O6. The van der Waals surface area contributed by atoms with Crippen LogP contribution < -0.4 is 15.8 Å². The van der Waals surface area contributed by atoms with E-state index in [0.29, 0.717) is 5.92 Å². The molecule has 0 bridgehead atoms. The Labute approximate surface area is 132 Å². The fourth-order valence-corrected chi connectivity index (χ4v) is 1.27. The molecule has 10 nitrogen and oxygen atoms in total. The maximum absolute atomic E-state index is 11.3. The van der Waals surface area contributed by atoms with E-state index in [0.717, 1.165) is 13.5 Å². The molecule has 0 saturated carbocycles. The number of nitrogens with zero attached hydrogens (tertiary/aromatic N) is 2. The summed E-state index contributed by atoms with van der Waals surface area (Å²) in [6, 6.07) is 2.62. The van der Waals surface area contributed by atoms with Crippen molar-refractivity contribution in [2.75, 3.05) is 13.1 Å². The Morgan fingerprint density at radius 3 is 2.57 bits per heavy atom. The van der Waals surface area contributed by atoms with E-state index in [-0.39, 0.29) is 24.1 Å². The van der Waals surface area contributed by atoms with E-state index >= 15 is 0 Å². The molecule has 0 aliphatic carbocycles. The summed E-state index contributed by atoms with van der Waals surface area (Å²) in [6.45, 7) is 6.25. The fourth-order valence-electron chi connectivity index (χ4n) is 1.27. The van der Waals surface area contributed by atoms with Gasteiger partial charge in [0.1, 0.15) is 4.92 Å². The number of quaternary nitrogens is 1. The minimum atomic E-state index is -1.08. The van der Waals surface area contributed by atoms with Gasteiger partial charge in [-0.05, 0) is 13.0 Å². The van der Waals surface area contributed by atoms with Crippen LogP contribution in [0.3, 0.4) is 0 Å². The largest absolute Gasteiger partial charge is 0.550 e. The van der Waals surface area contributed by atoms with Crippen LogP contribution >= 0.6 is 0 Å². The third-order valence-corrected chi connectivity index (χ3v) is 2.14. The zero-order valence-corrected chi connectivity index (χ0v) is 13.1. The van der Waals surface area contributed by atoms with Gasteiger partial charge < -0.3 is 19.6 Å². The number of hydrazone groups is 1. The van der Waals surface area contributed by atoms with Gasteiger partial charge >= 0.3 is 5.88 Å². The predicted molar refractivity (Wildman–Crippen MR) is 78.3 cm³/mol. The molecule has 0 saturated heterocycles. The lowest BCUT2D eigenvalue weighted by molar-refractivity contribution is -0.648. The summed E-state index contributed by atoms with van der Waals surface area (Å²) < 4.78 is 4.83. The SMILES string of the molecule is CC(=O)[O-].CC(C)C[NH2+]CC(=O)N/N=C/c1ccc([N+](=O)[O-])o1. The second-order valence-corrected chi connectivity index (χ2v) is 4.84. The van der Waals surface area contributed by atoms with E-state index < -0.39 is 10.9 Å². The van der Waals surface area contributed by atoms with Crippen LogP contribution in [-0.2, 0) is 9.59 Å². The highest BCUT2D eigenvalue weighted by Gasteiger charge is 2.10. The lowest BCUT2D eigenvalue weighted by Gasteiger charge is -2.02.